The number of hydrogen-bond donors (Lipinski definition) is 1. The van der Waals surface area contributed by atoms with Gasteiger partial charge in [0.05, 0.1) is 17.1 Å². The fourth-order valence-electron chi connectivity index (χ4n) is 5.28. The smallest absolute Gasteiger partial charge is 0.273 e. The minimum absolute atomic E-state index is 0.0358. The molecular weight excluding hydrogens is 540 g/mol. The van der Waals surface area contributed by atoms with Gasteiger partial charge in [0, 0.05) is 60.2 Å². The number of carbonyl (C=O) groups excluding carboxylic acids is 2. The first-order valence-corrected chi connectivity index (χ1v) is 13.7. The number of halogens is 2. The highest BCUT2D eigenvalue weighted by atomic mass is 19.3. The lowest BCUT2D eigenvalue weighted by molar-refractivity contribution is -0.127. The fourth-order valence-corrected chi connectivity index (χ4v) is 5.28. The molecule has 1 aromatic carbocycles. The molecule has 5 rings (SSSR count). The van der Waals surface area contributed by atoms with E-state index in [1.54, 1.807) is 47.0 Å². The summed E-state index contributed by atoms with van der Waals surface area (Å²) in [5, 5.41) is 18.0. The minimum atomic E-state index is -3.01. The molecular formula is C31H29F2N7O2. The van der Waals surface area contributed by atoms with Gasteiger partial charge in [0.1, 0.15) is 17.6 Å². The molecule has 0 unspecified atom stereocenters. The molecule has 2 amide bonds. The van der Waals surface area contributed by atoms with Crippen molar-refractivity contribution in [3.8, 4) is 17.3 Å². The molecule has 1 fully saturated rings. The summed E-state index contributed by atoms with van der Waals surface area (Å²) in [5.74, 6) is -3.62. The number of anilines is 1. The fraction of sp³-hybridized carbons (Fsp3) is 0.290. The average molecular weight is 570 g/mol. The predicted octanol–water partition coefficient (Wildman–Crippen LogP) is 5.86. The third-order valence-corrected chi connectivity index (χ3v) is 7.37. The monoisotopic (exact) mass is 569 g/mol. The van der Waals surface area contributed by atoms with Crippen molar-refractivity contribution in [2.24, 2.45) is 0 Å². The van der Waals surface area contributed by atoms with E-state index in [2.05, 4.69) is 27.9 Å². The molecule has 0 radical (unpaired) electrons. The first-order chi connectivity index (χ1) is 20.2. The first-order valence-electron chi connectivity index (χ1n) is 13.7. The second-order valence-electron chi connectivity index (χ2n) is 10.2. The molecule has 3 aromatic heterocycles. The van der Waals surface area contributed by atoms with E-state index in [9.17, 15) is 23.6 Å². The SMILES string of the molecule is C=CC(=O)N1CCC[C@@H](n2nc(-c3ccc(C(=O)Nc4cc(C(F)(F)CCC)ccn4)cc3)c3cncc(C#N)c32)C1. The molecule has 0 aliphatic carbocycles. The highest BCUT2D eigenvalue weighted by Crippen LogP contribution is 2.35. The number of hydrogen-bond acceptors (Lipinski definition) is 6. The van der Waals surface area contributed by atoms with Crippen LogP contribution in [0.15, 0.2) is 67.6 Å². The number of rotatable bonds is 8. The van der Waals surface area contributed by atoms with E-state index < -0.39 is 11.8 Å². The lowest BCUT2D eigenvalue weighted by Gasteiger charge is -2.32. The Balaban J connectivity index is 1.43. The average Bonchev–Trinajstić information content (AvgIpc) is 3.41. The summed E-state index contributed by atoms with van der Waals surface area (Å²) in [6, 6.07) is 11.2. The van der Waals surface area contributed by atoms with Crippen molar-refractivity contribution in [1.82, 2.24) is 24.6 Å². The minimum Gasteiger partial charge on any atom is -0.337 e. The number of pyridine rings is 2. The van der Waals surface area contributed by atoms with E-state index in [1.807, 2.05) is 0 Å². The van der Waals surface area contributed by atoms with Gasteiger partial charge in [-0.05, 0) is 43.2 Å². The molecule has 0 bridgehead atoms. The Labute approximate surface area is 241 Å². The first kappa shape index (κ1) is 28.5. The maximum atomic E-state index is 14.4. The summed E-state index contributed by atoms with van der Waals surface area (Å²) in [6.07, 6.45) is 7.28. The second kappa shape index (κ2) is 11.9. The van der Waals surface area contributed by atoms with E-state index in [-0.39, 0.29) is 29.8 Å². The molecule has 1 N–H and O–H groups in total. The standard InChI is InChI=1S/C31H29F2N7O2/c1-3-12-31(32,33)23-11-13-36-26(15-23)37-30(42)21-9-7-20(8-10-21)28-25-18-35-17-22(16-34)29(25)40(38-28)24-6-5-14-39(19-24)27(41)4-2/h4,7-11,13,15,17-18,24H,2-3,5-6,12,14,19H2,1H3,(H,36,37,42)/t24-/m1/s1. The van der Waals surface area contributed by atoms with Crippen LogP contribution in [0.2, 0.25) is 0 Å². The van der Waals surface area contributed by atoms with E-state index in [0.29, 0.717) is 52.8 Å². The quantitative estimate of drug-likeness (QED) is 0.266. The van der Waals surface area contributed by atoms with Crippen LogP contribution in [-0.2, 0) is 10.7 Å². The Hall–Kier alpha value is -4.98. The number of alkyl halides is 2. The Kier molecular flexibility index (Phi) is 8.06. The highest BCUT2D eigenvalue weighted by Gasteiger charge is 2.31. The van der Waals surface area contributed by atoms with Crippen molar-refractivity contribution in [2.45, 2.75) is 44.6 Å². The van der Waals surface area contributed by atoms with Gasteiger partial charge in [-0.25, -0.2) is 13.8 Å². The zero-order valence-electron chi connectivity index (χ0n) is 23.1. The number of likely N-dealkylation sites (tertiary alicyclic amines) is 1. The lowest BCUT2D eigenvalue weighted by Crippen LogP contribution is -2.40. The number of nitriles is 1. The molecule has 1 aliphatic rings. The normalized spacial score (nSPS) is 15.3. The second-order valence-corrected chi connectivity index (χ2v) is 10.2. The topological polar surface area (TPSA) is 117 Å². The molecule has 4 aromatic rings. The van der Waals surface area contributed by atoms with Gasteiger partial charge in [0.25, 0.3) is 11.8 Å². The molecule has 1 aliphatic heterocycles. The third-order valence-electron chi connectivity index (χ3n) is 7.37. The molecule has 9 nitrogen and oxygen atoms in total. The van der Waals surface area contributed by atoms with Crippen molar-refractivity contribution in [3.63, 3.8) is 0 Å². The molecule has 4 heterocycles. The van der Waals surface area contributed by atoms with Gasteiger partial charge in [0.2, 0.25) is 5.91 Å². The molecule has 1 atom stereocenters. The van der Waals surface area contributed by atoms with Gasteiger partial charge in [0.15, 0.2) is 0 Å². The van der Waals surface area contributed by atoms with Crippen LogP contribution in [0.1, 0.15) is 60.1 Å². The van der Waals surface area contributed by atoms with Gasteiger partial charge in [-0.1, -0.05) is 32.1 Å². The Morgan fingerprint density at radius 2 is 2.02 bits per heavy atom. The Bertz CT molecular complexity index is 1690. The summed E-state index contributed by atoms with van der Waals surface area (Å²) in [7, 11) is 0. The van der Waals surface area contributed by atoms with Crippen LogP contribution in [0.3, 0.4) is 0 Å². The van der Waals surface area contributed by atoms with Gasteiger partial charge >= 0.3 is 0 Å². The van der Waals surface area contributed by atoms with Crippen molar-refractivity contribution in [3.05, 3.63) is 84.3 Å². The predicted molar refractivity (Wildman–Crippen MR) is 154 cm³/mol. The Morgan fingerprint density at radius 1 is 1.24 bits per heavy atom. The van der Waals surface area contributed by atoms with Crippen molar-refractivity contribution < 1.29 is 18.4 Å². The molecule has 11 heteroatoms. The number of amides is 2. The van der Waals surface area contributed by atoms with E-state index in [0.717, 1.165) is 12.8 Å². The number of benzene rings is 1. The number of fused-ring (bicyclic) bond motifs is 1. The van der Waals surface area contributed by atoms with Gasteiger partial charge in [-0.2, -0.15) is 10.4 Å². The number of carbonyl (C=O) groups is 2. The highest BCUT2D eigenvalue weighted by molar-refractivity contribution is 6.04. The Morgan fingerprint density at radius 3 is 2.74 bits per heavy atom. The number of nitrogens with zero attached hydrogens (tertiary/aromatic N) is 6. The molecule has 1 saturated heterocycles. The van der Waals surface area contributed by atoms with Crippen LogP contribution >= 0.6 is 0 Å². The van der Waals surface area contributed by atoms with Crippen LogP contribution in [0.5, 0.6) is 0 Å². The molecule has 0 saturated carbocycles. The van der Waals surface area contributed by atoms with Crippen molar-refractivity contribution in [1.29, 1.82) is 5.26 Å². The molecule has 0 spiro atoms. The van der Waals surface area contributed by atoms with E-state index in [4.69, 9.17) is 5.10 Å². The van der Waals surface area contributed by atoms with Crippen molar-refractivity contribution in [2.75, 3.05) is 18.4 Å². The molecule has 42 heavy (non-hydrogen) atoms. The van der Waals surface area contributed by atoms with Crippen LogP contribution in [0.25, 0.3) is 22.2 Å². The van der Waals surface area contributed by atoms with Gasteiger partial charge in [-0.15, -0.1) is 0 Å². The summed E-state index contributed by atoms with van der Waals surface area (Å²) in [4.78, 5) is 35.2. The summed E-state index contributed by atoms with van der Waals surface area (Å²) in [5.41, 5.74) is 2.38. The zero-order chi connectivity index (χ0) is 29.9. The van der Waals surface area contributed by atoms with Crippen LogP contribution in [-0.4, -0.2) is 49.6 Å². The summed E-state index contributed by atoms with van der Waals surface area (Å²) < 4.78 is 30.5. The maximum Gasteiger partial charge on any atom is 0.273 e. The van der Waals surface area contributed by atoms with E-state index >= 15 is 0 Å². The third kappa shape index (κ3) is 5.61. The van der Waals surface area contributed by atoms with Crippen LogP contribution in [0.4, 0.5) is 14.6 Å². The zero-order valence-corrected chi connectivity index (χ0v) is 23.1. The van der Waals surface area contributed by atoms with Crippen LogP contribution < -0.4 is 5.32 Å². The van der Waals surface area contributed by atoms with Gasteiger partial charge < -0.3 is 10.2 Å². The number of nitrogens with one attached hydrogen (secondary N) is 1. The largest absolute Gasteiger partial charge is 0.337 e. The maximum absolute atomic E-state index is 14.4. The molecule has 214 valence electrons. The van der Waals surface area contributed by atoms with Crippen LogP contribution in [0, 0.1) is 11.3 Å². The summed E-state index contributed by atoms with van der Waals surface area (Å²) in [6.45, 7) is 6.34. The number of piperidine rings is 1. The lowest BCUT2D eigenvalue weighted by atomic mass is 10.0. The number of aromatic nitrogens is 4. The summed E-state index contributed by atoms with van der Waals surface area (Å²) >= 11 is 0. The van der Waals surface area contributed by atoms with Gasteiger partial charge in [-0.3, -0.25) is 19.3 Å². The van der Waals surface area contributed by atoms with Crippen molar-refractivity contribution >= 4 is 28.5 Å². The van der Waals surface area contributed by atoms with E-state index in [1.165, 1.54) is 30.6 Å².